The number of aromatic nitrogens is 3. The Bertz CT molecular complexity index is 1610. The molecule has 38 heavy (non-hydrogen) atoms. The number of nitrogens with zero attached hydrogens (tertiary/aromatic N) is 4. The lowest BCUT2D eigenvalue weighted by Crippen LogP contribution is -2.38. The predicted molar refractivity (Wildman–Crippen MR) is 143 cm³/mol. The van der Waals surface area contributed by atoms with Gasteiger partial charge >= 0.3 is 6.03 Å². The highest BCUT2D eigenvalue weighted by Gasteiger charge is 2.36. The molecule has 1 aliphatic heterocycles. The molecule has 1 N–H and O–H groups in total. The number of hydrogen-bond acceptors (Lipinski definition) is 3. The normalized spacial score (nSPS) is 14.4. The topological polar surface area (TPSA) is 64.3 Å². The molecule has 1 atom stereocenters. The van der Waals surface area contributed by atoms with Gasteiger partial charge in [-0.2, -0.15) is 5.10 Å². The van der Waals surface area contributed by atoms with Crippen LogP contribution in [-0.4, -0.2) is 32.4 Å². The van der Waals surface area contributed by atoms with Gasteiger partial charge < -0.3 is 19.5 Å². The number of urea groups is 1. The van der Waals surface area contributed by atoms with Crippen molar-refractivity contribution < 1.29 is 13.9 Å². The Kier molecular flexibility index (Phi) is 5.92. The molecule has 190 valence electrons. The third-order valence-corrected chi connectivity index (χ3v) is 6.85. The molecule has 3 aromatic carbocycles. The largest absolute Gasteiger partial charge is 0.497 e. The van der Waals surface area contributed by atoms with Crippen LogP contribution in [0.4, 0.5) is 14.9 Å². The number of methoxy groups -OCH3 is 1. The summed E-state index contributed by atoms with van der Waals surface area (Å²) in [5.74, 6) is 1.19. The second kappa shape index (κ2) is 9.55. The maximum atomic E-state index is 14.0. The number of ether oxygens (including phenoxy) is 1. The molecule has 5 aromatic rings. The van der Waals surface area contributed by atoms with Crippen LogP contribution in [0, 0.1) is 12.7 Å². The van der Waals surface area contributed by atoms with Crippen LogP contribution in [0.25, 0.3) is 11.5 Å². The zero-order valence-corrected chi connectivity index (χ0v) is 21.0. The van der Waals surface area contributed by atoms with Crippen molar-refractivity contribution in [1.29, 1.82) is 0 Å². The fourth-order valence-electron chi connectivity index (χ4n) is 5.04. The molecule has 0 bridgehead atoms. The van der Waals surface area contributed by atoms with E-state index in [1.165, 1.54) is 12.1 Å². The molecule has 0 saturated carbocycles. The third-order valence-electron chi connectivity index (χ3n) is 6.85. The van der Waals surface area contributed by atoms with E-state index in [1.807, 2.05) is 78.5 Å². The maximum absolute atomic E-state index is 14.0. The van der Waals surface area contributed by atoms with Crippen LogP contribution in [-0.2, 0) is 6.54 Å². The molecule has 1 aliphatic rings. The van der Waals surface area contributed by atoms with E-state index < -0.39 is 6.04 Å². The van der Waals surface area contributed by atoms with E-state index in [4.69, 9.17) is 9.84 Å². The quantitative estimate of drug-likeness (QED) is 0.312. The number of carbonyl (C=O) groups excluding carboxylic acids is 1. The van der Waals surface area contributed by atoms with E-state index in [-0.39, 0.29) is 11.8 Å². The number of aryl methyl sites for hydroxylation is 1. The molecule has 0 aliphatic carbocycles. The van der Waals surface area contributed by atoms with Gasteiger partial charge in [0.2, 0.25) is 0 Å². The second-order valence-corrected chi connectivity index (χ2v) is 9.18. The average molecular weight is 508 g/mol. The number of amides is 2. The second-order valence-electron chi connectivity index (χ2n) is 9.18. The van der Waals surface area contributed by atoms with E-state index in [1.54, 1.807) is 30.2 Å². The Balaban J connectivity index is 1.52. The number of nitrogens with one attached hydrogen (secondary N) is 1. The van der Waals surface area contributed by atoms with Crippen LogP contribution >= 0.6 is 0 Å². The van der Waals surface area contributed by atoms with E-state index in [9.17, 15) is 9.18 Å². The van der Waals surface area contributed by atoms with Crippen molar-refractivity contribution in [3.8, 4) is 17.3 Å². The minimum absolute atomic E-state index is 0.292. The fourth-order valence-corrected chi connectivity index (χ4v) is 5.04. The summed E-state index contributed by atoms with van der Waals surface area (Å²) in [5.41, 5.74) is 4.95. The van der Waals surface area contributed by atoms with Crippen LogP contribution in [0.5, 0.6) is 5.75 Å². The summed E-state index contributed by atoms with van der Waals surface area (Å²) < 4.78 is 23.2. The highest BCUT2D eigenvalue weighted by Crippen LogP contribution is 2.38. The molecule has 6 rings (SSSR count). The van der Waals surface area contributed by atoms with Crippen LogP contribution in [0.2, 0.25) is 0 Å². The number of fused-ring (bicyclic) bond motifs is 3. The third kappa shape index (κ3) is 4.10. The number of rotatable bonds is 4. The lowest BCUT2D eigenvalue weighted by Gasteiger charge is -2.31. The molecule has 0 spiro atoms. The van der Waals surface area contributed by atoms with Gasteiger partial charge in [0.25, 0.3) is 0 Å². The van der Waals surface area contributed by atoms with E-state index >= 15 is 0 Å². The first-order valence-electron chi connectivity index (χ1n) is 12.3. The number of anilines is 1. The van der Waals surface area contributed by atoms with Gasteiger partial charge in [-0.05, 0) is 61.0 Å². The molecule has 0 unspecified atom stereocenters. The molecule has 8 heteroatoms. The first kappa shape index (κ1) is 23.5. The highest BCUT2D eigenvalue weighted by molar-refractivity contribution is 5.90. The van der Waals surface area contributed by atoms with Gasteiger partial charge in [0.1, 0.15) is 17.4 Å². The first-order chi connectivity index (χ1) is 18.5. The van der Waals surface area contributed by atoms with Gasteiger partial charge in [0, 0.05) is 23.5 Å². The number of para-hydroxylation sites is 1. The van der Waals surface area contributed by atoms with Crippen molar-refractivity contribution in [1.82, 2.24) is 19.2 Å². The molecule has 3 heterocycles. The Morgan fingerprint density at radius 3 is 2.55 bits per heavy atom. The molecular formula is C30H26FN5O2. The van der Waals surface area contributed by atoms with Gasteiger partial charge in [-0.3, -0.25) is 0 Å². The zero-order chi connectivity index (χ0) is 26.2. The van der Waals surface area contributed by atoms with Crippen LogP contribution in [0.1, 0.15) is 28.6 Å². The van der Waals surface area contributed by atoms with Crippen LogP contribution in [0.15, 0.2) is 97.2 Å². The number of halogens is 1. The van der Waals surface area contributed by atoms with Crippen LogP contribution in [0.3, 0.4) is 0 Å². The van der Waals surface area contributed by atoms with Crippen molar-refractivity contribution in [2.75, 3.05) is 12.4 Å². The van der Waals surface area contributed by atoms with Crippen molar-refractivity contribution in [2.24, 2.45) is 0 Å². The summed E-state index contributed by atoms with van der Waals surface area (Å²) in [7, 11) is 1.59. The zero-order valence-electron chi connectivity index (χ0n) is 21.0. The van der Waals surface area contributed by atoms with Gasteiger partial charge in [0.15, 0.2) is 0 Å². The number of carbonyl (C=O) groups is 1. The molecule has 7 nitrogen and oxygen atoms in total. The summed E-state index contributed by atoms with van der Waals surface area (Å²) >= 11 is 0. The fraction of sp³-hybridized carbons (Fsp3) is 0.133. The average Bonchev–Trinajstić information content (AvgIpc) is 3.50. The first-order valence-corrected chi connectivity index (χ1v) is 12.3. The molecule has 2 amide bonds. The molecule has 0 fully saturated rings. The molecule has 0 saturated heterocycles. The minimum Gasteiger partial charge on any atom is -0.497 e. The van der Waals surface area contributed by atoms with E-state index in [0.29, 0.717) is 18.0 Å². The summed E-state index contributed by atoms with van der Waals surface area (Å²) in [5, 5.41) is 7.90. The molecular weight excluding hydrogens is 481 g/mol. The summed E-state index contributed by atoms with van der Waals surface area (Å²) in [6.45, 7) is 2.26. The monoisotopic (exact) mass is 507 g/mol. The standard InChI is InChI=1S/C30H26FN5O2/c1-20-26-19-35(30(37)32-23-8-6-11-25(18-23)38-2)28(21-13-15-22(31)16-14-21)27-12-7-17-34(27)29(26)36(33-20)24-9-4-3-5-10-24/h3-18,28H,19H2,1-2H3,(H,32,37)/t28-/m1/s1. The van der Waals surface area contributed by atoms with Crippen LogP contribution < -0.4 is 10.1 Å². The van der Waals surface area contributed by atoms with Gasteiger partial charge in [-0.15, -0.1) is 0 Å². The Morgan fingerprint density at radius 2 is 1.79 bits per heavy atom. The summed E-state index contributed by atoms with van der Waals surface area (Å²) in [6, 6.07) is 26.7. The Labute approximate surface area is 219 Å². The molecule has 2 aromatic heterocycles. The highest BCUT2D eigenvalue weighted by atomic mass is 19.1. The SMILES string of the molecule is COc1cccc(NC(=O)N2Cc3c(C)nn(-c4ccccc4)c3-n3cccc3[C@H]2c2ccc(F)cc2)c1. The van der Waals surface area contributed by atoms with E-state index in [0.717, 1.165) is 34.0 Å². The number of hydrogen-bond donors (Lipinski definition) is 1. The van der Waals surface area contributed by atoms with Gasteiger partial charge in [-0.25, -0.2) is 13.9 Å². The number of benzene rings is 3. The molecule has 0 radical (unpaired) electrons. The smallest absolute Gasteiger partial charge is 0.322 e. The van der Waals surface area contributed by atoms with E-state index in [2.05, 4.69) is 9.88 Å². The van der Waals surface area contributed by atoms with Gasteiger partial charge in [0.05, 0.1) is 36.8 Å². The Morgan fingerprint density at radius 1 is 1.00 bits per heavy atom. The Hall–Kier alpha value is -4.85. The summed E-state index contributed by atoms with van der Waals surface area (Å²) in [4.78, 5) is 15.7. The predicted octanol–water partition coefficient (Wildman–Crippen LogP) is 6.26. The minimum atomic E-state index is -0.479. The van der Waals surface area contributed by atoms with Crippen molar-refractivity contribution >= 4 is 11.7 Å². The lowest BCUT2D eigenvalue weighted by molar-refractivity contribution is 0.194. The summed E-state index contributed by atoms with van der Waals surface area (Å²) in [6.07, 6.45) is 1.98. The lowest BCUT2D eigenvalue weighted by atomic mass is 10.0. The van der Waals surface area contributed by atoms with Gasteiger partial charge in [-0.1, -0.05) is 36.4 Å². The van der Waals surface area contributed by atoms with Crippen molar-refractivity contribution in [3.63, 3.8) is 0 Å². The van der Waals surface area contributed by atoms with Crippen molar-refractivity contribution in [2.45, 2.75) is 19.5 Å². The maximum Gasteiger partial charge on any atom is 0.322 e. The van der Waals surface area contributed by atoms with Crippen molar-refractivity contribution in [3.05, 3.63) is 126 Å².